The van der Waals surface area contributed by atoms with E-state index in [9.17, 15) is 8.42 Å². The van der Waals surface area contributed by atoms with E-state index in [4.69, 9.17) is 0 Å². The highest BCUT2D eigenvalue weighted by Gasteiger charge is 2.30. The second-order valence-electron chi connectivity index (χ2n) is 4.94. The fourth-order valence-corrected chi connectivity index (χ4v) is 6.63. The molecule has 1 unspecified atom stereocenters. The molecule has 0 aliphatic carbocycles. The smallest absolute Gasteiger partial charge is 0.206 e. The van der Waals surface area contributed by atoms with Crippen LogP contribution >= 0.6 is 27.3 Å². The van der Waals surface area contributed by atoms with Crippen molar-refractivity contribution in [2.75, 3.05) is 11.9 Å². The van der Waals surface area contributed by atoms with Crippen LogP contribution in [0.4, 0.5) is 0 Å². The summed E-state index contributed by atoms with van der Waals surface area (Å²) in [6.45, 7) is 4.59. The van der Waals surface area contributed by atoms with E-state index in [0.29, 0.717) is 16.1 Å². The molecule has 116 valence electrons. The summed E-state index contributed by atoms with van der Waals surface area (Å²) in [7, 11) is -3.43. The lowest BCUT2D eigenvalue weighted by atomic mass is 10.2. The van der Waals surface area contributed by atoms with Gasteiger partial charge in [-0.25, -0.2) is 8.42 Å². The van der Waals surface area contributed by atoms with Gasteiger partial charge < -0.3 is 0 Å². The zero-order chi connectivity index (χ0) is 15.5. The number of fused-ring (bicyclic) bond motifs is 1. The van der Waals surface area contributed by atoms with E-state index in [1.54, 1.807) is 10.4 Å². The molecular weight excluding hydrogens is 370 g/mol. The highest BCUT2D eigenvalue weighted by Crippen LogP contribution is 2.32. The van der Waals surface area contributed by atoms with Gasteiger partial charge in [-0.15, -0.1) is 11.3 Å². The van der Waals surface area contributed by atoms with E-state index in [-0.39, 0.29) is 6.04 Å². The molecule has 1 atom stereocenters. The third-order valence-electron chi connectivity index (χ3n) is 3.47. The average Bonchev–Trinajstić information content (AvgIpc) is 2.92. The highest BCUT2D eigenvalue weighted by molar-refractivity contribution is 9.09. The fourth-order valence-electron chi connectivity index (χ4n) is 2.31. The van der Waals surface area contributed by atoms with Gasteiger partial charge in [0.05, 0.1) is 0 Å². The average molecular weight is 390 g/mol. The Morgan fingerprint density at radius 3 is 2.57 bits per heavy atom. The maximum Gasteiger partial charge on any atom is 0.252 e. The zero-order valence-corrected chi connectivity index (χ0v) is 15.5. The van der Waals surface area contributed by atoms with Crippen molar-refractivity contribution in [3.63, 3.8) is 0 Å². The third kappa shape index (κ3) is 3.50. The van der Waals surface area contributed by atoms with Gasteiger partial charge in [0.2, 0.25) is 0 Å². The minimum Gasteiger partial charge on any atom is -0.206 e. The molecule has 6 heteroatoms. The third-order valence-corrected chi connectivity index (χ3v) is 7.73. The predicted molar refractivity (Wildman–Crippen MR) is 93.9 cm³/mol. The van der Waals surface area contributed by atoms with Gasteiger partial charge in [0.15, 0.2) is 0 Å². The normalized spacial score (nSPS) is 13.9. The second kappa shape index (κ2) is 7.22. The van der Waals surface area contributed by atoms with Crippen LogP contribution in [0.1, 0.15) is 26.7 Å². The van der Waals surface area contributed by atoms with Crippen molar-refractivity contribution >= 4 is 47.4 Å². The minimum atomic E-state index is -3.43. The SMILES string of the molecule is CCCN(C(CC)CBr)S(=O)(=O)c1cc2ccccc2s1. The number of nitrogens with zero attached hydrogens (tertiary/aromatic N) is 1. The molecule has 0 spiro atoms. The van der Waals surface area contributed by atoms with Crippen molar-refractivity contribution in [2.45, 2.75) is 36.9 Å². The maximum atomic E-state index is 13.0. The first-order valence-electron chi connectivity index (χ1n) is 7.11. The second-order valence-corrected chi connectivity index (χ2v) is 8.78. The maximum absolute atomic E-state index is 13.0. The summed E-state index contributed by atoms with van der Waals surface area (Å²) in [6.07, 6.45) is 1.61. The molecule has 0 saturated carbocycles. The van der Waals surface area contributed by atoms with Crippen LogP contribution < -0.4 is 0 Å². The van der Waals surface area contributed by atoms with E-state index in [0.717, 1.165) is 22.9 Å². The molecule has 0 saturated heterocycles. The molecule has 0 N–H and O–H groups in total. The number of halogens is 1. The van der Waals surface area contributed by atoms with Gasteiger partial charge in [-0.1, -0.05) is 48.0 Å². The van der Waals surface area contributed by atoms with Crippen LogP contribution in [0.3, 0.4) is 0 Å². The van der Waals surface area contributed by atoms with Gasteiger partial charge >= 0.3 is 0 Å². The van der Waals surface area contributed by atoms with Crippen LogP contribution in [0, 0.1) is 0 Å². The molecule has 0 radical (unpaired) electrons. The Morgan fingerprint density at radius 1 is 1.29 bits per heavy atom. The van der Waals surface area contributed by atoms with Crippen LogP contribution in [0.15, 0.2) is 34.5 Å². The Kier molecular flexibility index (Phi) is 5.82. The summed E-state index contributed by atoms with van der Waals surface area (Å²) in [5.74, 6) is 0. The van der Waals surface area contributed by atoms with E-state index in [1.165, 1.54) is 11.3 Å². The number of thiophene rings is 1. The highest BCUT2D eigenvalue weighted by atomic mass is 79.9. The van der Waals surface area contributed by atoms with Crippen LogP contribution in [-0.2, 0) is 10.0 Å². The quantitative estimate of drug-likeness (QED) is 0.654. The van der Waals surface area contributed by atoms with Crippen LogP contribution in [0.25, 0.3) is 10.1 Å². The number of rotatable bonds is 7. The molecule has 0 aliphatic heterocycles. The molecular formula is C15H20BrNO2S2. The number of hydrogen-bond acceptors (Lipinski definition) is 3. The number of benzene rings is 1. The lowest BCUT2D eigenvalue weighted by Crippen LogP contribution is -2.41. The van der Waals surface area contributed by atoms with E-state index in [2.05, 4.69) is 15.9 Å². The summed E-state index contributed by atoms with van der Waals surface area (Å²) in [4.78, 5) is 0. The van der Waals surface area contributed by atoms with Gasteiger partial charge in [0.1, 0.15) is 4.21 Å². The van der Waals surface area contributed by atoms with E-state index < -0.39 is 10.0 Å². The predicted octanol–water partition coefficient (Wildman–Crippen LogP) is 4.48. The topological polar surface area (TPSA) is 37.4 Å². The Labute approximate surface area is 139 Å². The molecule has 2 rings (SSSR count). The molecule has 0 fully saturated rings. The molecule has 3 nitrogen and oxygen atoms in total. The Bertz CT molecular complexity index is 660. The fraction of sp³-hybridized carbons (Fsp3) is 0.467. The molecule has 21 heavy (non-hydrogen) atoms. The van der Waals surface area contributed by atoms with Crippen molar-refractivity contribution in [2.24, 2.45) is 0 Å². The number of hydrogen-bond donors (Lipinski definition) is 0. The minimum absolute atomic E-state index is 0.000150. The summed E-state index contributed by atoms with van der Waals surface area (Å²) in [5.41, 5.74) is 0. The van der Waals surface area contributed by atoms with Crippen LogP contribution in [0.5, 0.6) is 0 Å². The lowest BCUT2D eigenvalue weighted by molar-refractivity contribution is 0.335. The van der Waals surface area contributed by atoms with Crippen LogP contribution in [0.2, 0.25) is 0 Å². The first kappa shape index (κ1) is 16.9. The summed E-state index contributed by atoms with van der Waals surface area (Å²) in [6, 6.07) is 9.58. The van der Waals surface area contributed by atoms with Gasteiger partial charge in [-0.05, 0) is 30.4 Å². The van der Waals surface area contributed by atoms with Crippen LogP contribution in [-0.4, -0.2) is 30.6 Å². The van der Waals surface area contributed by atoms with Gasteiger partial charge in [-0.3, -0.25) is 0 Å². The summed E-state index contributed by atoms with van der Waals surface area (Å²) < 4.78 is 29.0. The van der Waals surface area contributed by atoms with Gasteiger partial charge in [-0.2, -0.15) is 4.31 Å². The lowest BCUT2D eigenvalue weighted by Gasteiger charge is -2.28. The van der Waals surface area contributed by atoms with Crippen molar-refractivity contribution in [1.82, 2.24) is 4.31 Å². The van der Waals surface area contributed by atoms with E-state index in [1.807, 2.05) is 38.1 Å². The molecule has 0 aliphatic rings. The Hall–Kier alpha value is -0.430. The molecule has 2 aromatic rings. The first-order valence-corrected chi connectivity index (χ1v) is 10.5. The van der Waals surface area contributed by atoms with Gasteiger partial charge in [0, 0.05) is 22.6 Å². The zero-order valence-electron chi connectivity index (χ0n) is 12.3. The standard InChI is InChI=1S/C15H20BrNO2S2/c1-3-9-17(13(4-2)11-16)21(18,19)15-10-12-7-5-6-8-14(12)20-15/h5-8,10,13H,3-4,9,11H2,1-2H3. The number of sulfonamides is 1. The largest absolute Gasteiger partial charge is 0.252 e. The first-order chi connectivity index (χ1) is 10.0. The van der Waals surface area contributed by atoms with Crippen molar-refractivity contribution in [3.8, 4) is 0 Å². The van der Waals surface area contributed by atoms with Gasteiger partial charge in [0.25, 0.3) is 10.0 Å². The molecule has 0 bridgehead atoms. The van der Waals surface area contributed by atoms with E-state index >= 15 is 0 Å². The summed E-state index contributed by atoms with van der Waals surface area (Å²) in [5, 5.41) is 1.65. The molecule has 1 aromatic heterocycles. The Balaban J connectivity index is 2.46. The molecule has 0 amide bonds. The van der Waals surface area contributed by atoms with Crippen molar-refractivity contribution in [3.05, 3.63) is 30.3 Å². The molecule has 1 aromatic carbocycles. The summed E-state index contributed by atoms with van der Waals surface area (Å²) >= 11 is 4.80. The number of alkyl halides is 1. The molecule has 1 heterocycles. The van der Waals surface area contributed by atoms with Crippen molar-refractivity contribution in [1.29, 1.82) is 0 Å². The van der Waals surface area contributed by atoms with Crippen molar-refractivity contribution < 1.29 is 8.42 Å². The monoisotopic (exact) mass is 389 g/mol. The Morgan fingerprint density at radius 2 is 2.00 bits per heavy atom.